The SMILES string of the molecule is COc1ccccc1CNC(=O)C(=O)NCC1(O)CCc2ccccc2C1. The number of carbonyl (C=O) groups excluding carboxylic acids is 2. The van der Waals surface area contributed by atoms with E-state index >= 15 is 0 Å². The number of aryl methyl sites for hydroxylation is 1. The first-order valence-electron chi connectivity index (χ1n) is 8.98. The molecule has 27 heavy (non-hydrogen) atoms. The molecule has 2 aromatic carbocycles. The van der Waals surface area contributed by atoms with E-state index in [2.05, 4.69) is 16.7 Å². The van der Waals surface area contributed by atoms with Crippen LogP contribution in [0, 0.1) is 0 Å². The quantitative estimate of drug-likeness (QED) is 0.695. The molecule has 6 heteroatoms. The van der Waals surface area contributed by atoms with Crippen LogP contribution in [-0.4, -0.2) is 36.2 Å². The summed E-state index contributed by atoms with van der Waals surface area (Å²) in [4.78, 5) is 24.1. The number of amides is 2. The number of methoxy groups -OCH3 is 1. The number of para-hydroxylation sites is 1. The first-order valence-corrected chi connectivity index (χ1v) is 8.98. The minimum atomic E-state index is -1.03. The van der Waals surface area contributed by atoms with E-state index in [-0.39, 0.29) is 13.1 Å². The third-order valence-corrected chi connectivity index (χ3v) is 4.91. The maximum absolute atomic E-state index is 12.1. The van der Waals surface area contributed by atoms with E-state index < -0.39 is 17.4 Å². The maximum Gasteiger partial charge on any atom is 0.309 e. The summed E-state index contributed by atoms with van der Waals surface area (Å²) in [5.74, 6) is -0.841. The van der Waals surface area contributed by atoms with Crippen LogP contribution < -0.4 is 15.4 Å². The molecule has 3 rings (SSSR count). The molecule has 0 saturated carbocycles. The summed E-state index contributed by atoms with van der Waals surface area (Å²) in [7, 11) is 1.55. The molecule has 3 N–H and O–H groups in total. The van der Waals surface area contributed by atoms with Gasteiger partial charge in [0.05, 0.1) is 12.7 Å². The van der Waals surface area contributed by atoms with Crippen molar-refractivity contribution in [1.29, 1.82) is 0 Å². The highest BCUT2D eigenvalue weighted by Gasteiger charge is 2.32. The van der Waals surface area contributed by atoms with Gasteiger partial charge in [-0.05, 0) is 30.0 Å². The fourth-order valence-corrected chi connectivity index (χ4v) is 3.36. The zero-order valence-corrected chi connectivity index (χ0v) is 15.3. The molecule has 142 valence electrons. The van der Waals surface area contributed by atoms with Crippen molar-refractivity contribution in [3.05, 3.63) is 65.2 Å². The van der Waals surface area contributed by atoms with Gasteiger partial charge in [0.15, 0.2) is 0 Å². The molecule has 1 atom stereocenters. The number of aliphatic hydroxyl groups is 1. The lowest BCUT2D eigenvalue weighted by Gasteiger charge is -2.33. The van der Waals surface area contributed by atoms with Gasteiger partial charge in [-0.1, -0.05) is 42.5 Å². The Kier molecular flexibility index (Phi) is 5.76. The van der Waals surface area contributed by atoms with E-state index in [1.165, 1.54) is 5.56 Å². The first-order chi connectivity index (χ1) is 13.0. The molecule has 1 aliphatic rings. The first kappa shape index (κ1) is 18.9. The van der Waals surface area contributed by atoms with Crippen LogP contribution in [0.2, 0.25) is 0 Å². The molecule has 0 radical (unpaired) electrons. The topological polar surface area (TPSA) is 87.7 Å². The minimum Gasteiger partial charge on any atom is -0.496 e. The van der Waals surface area contributed by atoms with Gasteiger partial charge in [0, 0.05) is 25.1 Å². The van der Waals surface area contributed by atoms with Crippen LogP contribution in [0.15, 0.2) is 48.5 Å². The molecular formula is C21H24N2O4. The largest absolute Gasteiger partial charge is 0.496 e. The summed E-state index contributed by atoms with van der Waals surface area (Å²) in [5, 5.41) is 15.9. The molecule has 2 amide bonds. The van der Waals surface area contributed by atoms with E-state index in [1.54, 1.807) is 13.2 Å². The van der Waals surface area contributed by atoms with Gasteiger partial charge in [-0.3, -0.25) is 9.59 Å². The Morgan fingerprint density at radius 1 is 1.04 bits per heavy atom. The van der Waals surface area contributed by atoms with Crippen molar-refractivity contribution in [2.75, 3.05) is 13.7 Å². The van der Waals surface area contributed by atoms with Gasteiger partial charge in [-0.25, -0.2) is 0 Å². The Balaban J connectivity index is 1.51. The van der Waals surface area contributed by atoms with Crippen LogP contribution in [0.4, 0.5) is 0 Å². The van der Waals surface area contributed by atoms with Crippen molar-refractivity contribution < 1.29 is 19.4 Å². The molecule has 1 unspecified atom stereocenters. The lowest BCUT2D eigenvalue weighted by atomic mass is 9.80. The van der Waals surface area contributed by atoms with Crippen molar-refractivity contribution >= 4 is 11.8 Å². The average molecular weight is 368 g/mol. The van der Waals surface area contributed by atoms with Gasteiger partial charge in [-0.2, -0.15) is 0 Å². The van der Waals surface area contributed by atoms with Gasteiger partial charge in [0.25, 0.3) is 0 Å². The molecule has 0 spiro atoms. The van der Waals surface area contributed by atoms with Crippen molar-refractivity contribution in [2.45, 2.75) is 31.4 Å². The zero-order chi connectivity index (χ0) is 19.3. The number of carbonyl (C=O) groups is 2. The Bertz CT molecular complexity index is 836. The van der Waals surface area contributed by atoms with E-state index in [1.807, 2.05) is 36.4 Å². The van der Waals surface area contributed by atoms with Gasteiger partial charge in [0.1, 0.15) is 5.75 Å². The van der Waals surface area contributed by atoms with Crippen LogP contribution in [0.5, 0.6) is 5.75 Å². The predicted molar refractivity (Wildman–Crippen MR) is 101 cm³/mol. The molecule has 0 fully saturated rings. The molecule has 0 aromatic heterocycles. The number of ether oxygens (including phenoxy) is 1. The number of nitrogens with one attached hydrogen (secondary N) is 2. The van der Waals surface area contributed by atoms with Gasteiger partial charge >= 0.3 is 11.8 Å². The van der Waals surface area contributed by atoms with Crippen LogP contribution >= 0.6 is 0 Å². The van der Waals surface area contributed by atoms with Crippen LogP contribution in [-0.2, 0) is 29.0 Å². The fourth-order valence-electron chi connectivity index (χ4n) is 3.36. The summed E-state index contributed by atoms with van der Waals surface area (Å²) in [5.41, 5.74) is 2.06. The van der Waals surface area contributed by atoms with Crippen molar-refractivity contribution in [3.63, 3.8) is 0 Å². The predicted octanol–water partition coefficient (Wildman–Crippen LogP) is 1.35. The maximum atomic E-state index is 12.1. The molecule has 1 aliphatic carbocycles. The van der Waals surface area contributed by atoms with E-state index in [4.69, 9.17) is 4.74 Å². The zero-order valence-electron chi connectivity index (χ0n) is 15.3. The monoisotopic (exact) mass is 368 g/mol. The van der Waals surface area contributed by atoms with E-state index in [9.17, 15) is 14.7 Å². The summed E-state index contributed by atoms with van der Waals surface area (Å²) >= 11 is 0. The van der Waals surface area contributed by atoms with Crippen molar-refractivity contribution in [3.8, 4) is 5.75 Å². The Morgan fingerprint density at radius 3 is 2.48 bits per heavy atom. The number of benzene rings is 2. The summed E-state index contributed by atoms with van der Waals surface area (Å²) in [6.07, 6.45) is 1.77. The smallest absolute Gasteiger partial charge is 0.309 e. The summed E-state index contributed by atoms with van der Waals surface area (Å²) in [6.45, 7) is 0.232. The highest BCUT2D eigenvalue weighted by Crippen LogP contribution is 2.28. The fraction of sp³-hybridized carbons (Fsp3) is 0.333. The Hall–Kier alpha value is -2.86. The third kappa shape index (κ3) is 4.65. The summed E-state index contributed by atoms with van der Waals surface area (Å²) in [6, 6.07) is 15.2. The molecular weight excluding hydrogens is 344 g/mol. The molecule has 0 heterocycles. The normalized spacial score (nSPS) is 18.3. The molecule has 0 aliphatic heterocycles. The second kappa shape index (κ2) is 8.22. The molecule has 6 nitrogen and oxygen atoms in total. The number of hydrogen-bond acceptors (Lipinski definition) is 4. The van der Waals surface area contributed by atoms with E-state index in [0.29, 0.717) is 18.6 Å². The van der Waals surface area contributed by atoms with Gasteiger partial charge < -0.3 is 20.5 Å². The van der Waals surface area contributed by atoms with E-state index in [0.717, 1.165) is 17.5 Å². The Morgan fingerprint density at radius 2 is 1.70 bits per heavy atom. The summed E-state index contributed by atoms with van der Waals surface area (Å²) < 4.78 is 5.22. The molecule has 2 aromatic rings. The number of rotatable bonds is 5. The minimum absolute atomic E-state index is 0.0439. The van der Waals surface area contributed by atoms with Gasteiger partial charge in [-0.15, -0.1) is 0 Å². The highest BCUT2D eigenvalue weighted by atomic mass is 16.5. The Labute approximate surface area is 158 Å². The second-order valence-electron chi connectivity index (χ2n) is 6.85. The highest BCUT2D eigenvalue weighted by molar-refractivity contribution is 6.35. The van der Waals surface area contributed by atoms with Crippen LogP contribution in [0.25, 0.3) is 0 Å². The lowest BCUT2D eigenvalue weighted by Crippen LogP contribution is -2.50. The van der Waals surface area contributed by atoms with Crippen LogP contribution in [0.1, 0.15) is 23.1 Å². The number of hydrogen-bond donors (Lipinski definition) is 3. The van der Waals surface area contributed by atoms with Crippen LogP contribution in [0.3, 0.4) is 0 Å². The van der Waals surface area contributed by atoms with Crippen molar-refractivity contribution in [2.24, 2.45) is 0 Å². The van der Waals surface area contributed by atoms with Gasteiger partial charge in [0.2, 0.25) is 0 Å². The lowest BCUT2D eigenvalue weighted by molar-refractivity contribution is -0.140. The molecule has 0 saturated heterocycles. The molecule has 0 bridgehead atoms. The van der Waals surface area contributed by atoms with Crippen molar-refractivity contribution in [1.82, 2.24) is 10.6 Å². The third-order valence-electron chi connectivity index (χ3n) is 4.91. The standard InChI is InChI=1S/C21H24N2O4/c1-27-18-9-5-4-8-17(18)13-22-19(24)20(25)23-14-21(26)11-10-15-6-2-3-7-16(15)12-21/h2-9,26H,10-14H2,1H3,(H,22,24)(H,23,25). The number of fused-ring (bicyclic) bond motifs is 1. The average Bonchev–Trinajstić information content (AvgIpc) is 2.70. The second-order valence-corrected chi connectivity index (χ2v) is 6.85.